The minimum atomic E-state index is -1.34. The third kappa shape index (κ3) is 4.99. The van der Waals surface area contributed by atoms with Crippen molar-refractivity contribution in [3.05, 3.63) is 45.9 Å². The SMILES string of the molecule is COc1cc(NC(=O)C(N=Nc2c(C)cccc2Cl)C(C)=O)cc(OC)c1Cl. The van der Waals surface area contributed by atoms with Crippen LogP contribution in [0.15, 0.2) is 40.6 Å². The molecule has 0 saturated carbocycles. The summed E-state index contributed by atoms with van der Waals surface area (Å²) >= 11 is 12.2. The highest BCUT2D eigenvalue weighted by molar-refractivity contribution is 6.34. The van der Waals surface area contributed by atoms with Crippen LogP contribution in [0.1, 0.15) is 12.5 Å². The predicted octanol–water partition coefficient (Wildman–Crippen LogP) is 5.00. The Kier molecular flexibility index (Phi) is 7.37. The first-order valence-corrected chi connectivity index (χ1v) is 8.92. The number of hydrogen-bond donors (Lipinski definition) is 1. The van der Waals surface area contributed by atoms with Crippen LogP contribution in [0.3, 0.4) is 0 Å². The lowest BCUT2D eigenvalue weighted by Gasteiger charge is -2.13. The van der Waals surface area contributed by atoms with Gasteiger partial charge in [-0.2, -0.15) is 10.2 Å². The number of ketones is 1. The molecule has 0 saturated heterocycles. The van der Waals surface area contributed by atoms with Gasteiger partial charge in [0.25, 0.3) is 5.91 Å². The maximum atomic E-state index is 12.6. The summed E-state index contributed by atoms with van der Waals surface area (Å²) in [5, 5.41) is 11.2. The van der Waals surface area contributed by atoms with Gasteiger partial charge in [-0.25, -0.2) is 0 Å². The number of methoxy groups -OCH3 is 2. The molecule has 28 heavy (non-hydrogen) atoms. The van der Waals surface area contributed by atoms with Gasteiger partial charge in [-0.1, -0.05) is 35.3 Å². The molecule has 7 nitrogen and oxygen atoms in total. The first-order chi connectivity index (χ1) is 13.3. The third-order valence-corrected chi connectivity index (χ3v) is 4.49. The molecule has 0 aromatic heterocycles. The number of amides is 1. The molecular weight excluding hydrogens is 405 g/mol. The summed E-state index contributed by atoms with van der Waals surface area (Å²) in [6.07, 6.45) is 0. The highest BCUT2D eigenvalue weighted by atomic mass is 35.5. The molecule has 0 aliphatic rings. The fourth-order valence-corrected chi connectivity index (χ4v) is 2.86. The molecule has 0 radical (unpaired) electrons. The lowest BCUT2D eigenvalue weighted by atomic mass is 10.2. The maximum Gasteiger partial charge on any atom is 0.258 e. The molecule has 2 rings (SSSR count). The molecule has 1 atom stereocenters. The molecular formula is C19H19Cl2N3O4. The van der Waals surface area contributed by atoms with Gasteiger partial charge in [0.05, 0.1) is 19.2 Å². The van der Waals surface area contributed by atoms with Gasteiger partial charge >= 0.3 is 0 Å². The van der Waals surface area contributed by atoms with Crippen molar-refractivity contribution in [3.63, 3.8) is 0 Å². The second-order valence-corrected chi connectivity index (χ2v) is 6.60. The molecule has 148 valence electrons. The van der Waals surface area contributed by atoms with Gasteiger partial charge in [-0.3, -0.25) is 9.59 Å². The van der Waals surface area contributed by atoms with Crippen molar-refractivity contribution in [2.75, 3.05) is 19.5 Å². The van der Waals surface area contributed by atoms with Gasteiger partial charge in [0.15, 0.2) is 5.78 Å². The number of anilines is 1. The second-order valence-electron chi connectivity index (χ2n) is 5.82. The molecule has 0 heterocycles. The Hall–Kier alpha value is -2.64. The van der Waals surface area contributed by atoms with E-state index < -0.39 is 17.7 Å². The zero-order chi connectivity index (χ0) is 20.8. The average molecular weight is 424 g/mol. The Bertz CT molecular complexity index is 886. The monoisotopic (exact) mass is 423 g/mol. The van der Waals surface area contributed by atoms with E-state index in [1.165, 1.54) is 33.3 Å². The number of Topliss-reactive ketones (excluding diaryl/α,β-unsaturated/α-hetero) is 1. The number of halogens is 2. The summed E-state index contributed by atoms with van der Waals surface area (Å²) in [5.74, 6) is -0.515. The van der Waals surface area contributed by atoms with E-state index >= 15 is 0 Å². The van der Waals surface area contributed by atoms with Gasteiger partial charge in [0.1, 0.15) is 22.2 Å². The lowest BCUT2D eigenvalue weighted by molar-refractivity contribution is -0.126. The molecule has 0 aliphatic heterocycles. The fraction of sp³-hybridized carbons (Fsp3) is 0.263. The number of aryl methyl sites for hydroxylation is 1. The van der Waals surface area contributed by atoms with E-state index in [0.717, 1.165) is 5.56 Å². The number of benzene rings is 2. The number of rotatable bonds is 7. The van der Waals surface area contributed by atoms with Crippen LogP contribution in [0.2, 0.25) is 10.0 Å². The summed E-state index contributed by atoms with van der Waals surface area (Å²) in [5.41, 5.74) is 1.50. The largest absolute Gasteiger partial charge is 0.495 e. The molecule has 0 aliphatic carbocycles. The molecule has 1 N–H and O–H groups in total. The van der Waals surface area contributed by atoms with Crippen LogP contribution >= 0.6 is 23.2 Å². The van der Waals surface area contributed by atoms with Crippen LogP contribution in [-0.2, 0) is 9.59 Å². The highest BCUT2D eigenvalue weighted by Gasteiger charge is 2.24. The Morgan fingerprint density at radius 3 is 2.21 bits per heavy atom. The van der Waals surface area contributed by atoms with Crippen LogP contribution in [0.5, 0.6) is 11.5 Å². The molecule has 2 aromatic carbocycles. The normalized spacial score (nSPS) is 11.9. The van der Waals surface area contributed by atoms with Gasteiger partial charge in [-0.15, -0.1) is 0 Å². The van der Waals surface area contributed by atoms with E-state index in [-0.39, 0.29) is 5.02 Å². The number of hydrogen-bond acceptors (Lipinski definition) is 6. The van der Waals surface area contributed by atoms with Gasteiger partial charge in [0, 0.05) is 17.8 Å². The Morgan fingerprint density at radius 2 is 1.71 bits per heavy atom. The van der Waals surface area contributed by atoms with Gasteiger partial charge in [0.2, 0.25) is 6.04 Å². The van der Waals surface area contributed by atoms with E-state index in [1.54, 1.807) is 25.1 Å². The first kappa shape index (κ1) is 21.7. The summed E-state index contributed by atoms with van der Waals surface area (Å²) in [7, 11) is 2.87. The molecule has 2 aromatic rings. The minimum Gasteiger partial charge on any atom is -0.495 e. The zero-order valence-electron chi connectivity index (χ0n) is 15.7. The lowest BCUT2D eigenvalue weighted by Crippen LogP contribution is -2.31. The van der Waals surface area contributed by atoms with Crippen molar-refractivity contribution < 1.29 is 19.1 Å². The third-order valence-electron chi connectivity index (χ3n) is 3.81. The fourth-order valence-electron chi connectivity index (χ4n) is 2.34. The quantitative estimate of drug-likeness (QED) is 0.501. The smallest absolute Gasteiger partial charge is 0.258 e. The number of nitrogens with one attached hydrogen (secondary N) is 1. The van der Waals surface area contributed by atoms with Crippen LogP contribution in [0, 0.1) is 6.92 Å². The van der Waals surface area contributed by atoms with E-state index in [2.05, 4.69) is 15.5 Å². The van der Waals surface area contributed by atoms with Crippen LogP contribution in [0.25, 0.3) is 0 Å². The number of carbonyl (C=O) groups excluding carboxylic acids is 2. The Morgan fingerprint density at radius 1 is 1.11 bits per heavy atom. The molecule has 9 heteroatoms. The summed E-state index contributed by atoms with van der Waals surface area (Å²) in [4.78, 5) is 24.5. The van der Waals surface area contributed by atoms with Crippen molar-refractivity contribution in [2.45, 2.75) is 19.9 Å². The van der Waals surface area contributed by atoms with Crippen molar-refractivity contribution >= 4 is 46.3 Å². The van der Waals surface area contributed by atoms with E-state index in [4.69, 9.17) is 32.7 Å². The van der Waals surface area contributed by atoms with Crippen LogP contribution in [0.4, 0.5) is 11.4 Å². The number of carbonyl (C=O) groups is 2. The predicted molar refractivity (Wildman–Crippen MR) is 108 cm³/mol. The summed E-state index contributed by atoms with van der Waals surface area (Å²) in [6.45, 7) is 3.06. The molecule has 0 fully saturated rings. The van der Waals surface area contributed by atoms with Crippen molar-refractivity contribution in [1.82, 2.24) is 0 Å². The van der Waals surface area contributed by atoms with Gasteiger partial charge < -0.3 is 14.8 Å². The molecule has 0 spiro atoms. The number of azo groups is 1. The standard InChI is InChI=1S/C19H19Cl2N3O4/c1-10-6-5-7-13(20)17(10)23-24-18(11(2)25)19(26)22-12-8-14(27-3)16(21)15(9-12)28-4/h5-9,18H,1-4H3,(H,22,26). The Balaban J connectivity index is 2.29. The van der Waals surface area contributed by atoms with Crippen molar-refractivity contribution in [1.29, 1.82) is 0 Å². The number of ether oxygens (including phenoxy) is 2. The van der Waals surface area contributed by atoms with Crippen LogP contribution < -0.4 is 14.8 Å². The summed E-state index contributed by atoms with van der Waals surface area (Å²) < 4.78 is 10.3. The summed E-state index contributed by atoms with van der Waals surface area (Å²) in [6, 6.07) is 6.90. The number of nitrogens with zero attached hydrogens (tertiary/aromatic N) is 2. The topological polar surface area (TPSA) is 89.4 Å². The van der Waals surface area contributed by atoms with Crippen molar-refractivity contribution in [2.24, 2.45) is 10.2 Å². The van der Waals surface area contributed by atoms with E-state index in [1.807, 2.05) is 0 Å². The van der Waals surface area contributed by atoms with Gasteiger partial charge in [-0.05, 0) is 25.5 Å². The van der Waals surface area contributed by atoms with E-state index in [9.17, 15) is 9.59 Å². The average Bonchev–Trinajstić information content (AvgIpc) is 2.64. The first-order valence-electron chi connectivity index (χ1n) is 8.17. The maximum absolute atomic E-state index is 12.6. The second kappa shape index (κ2) is 9.52. The molecule has 0 bridgehead atoms. The highest BCUT2D eigenvalue weighted by Crippen LogP contribution is 2.37. The zero-order valence-corrected chi connectivity index (χ0v) is 17.3. The van der Waals surface area contributed by atoms with Crippen molar-refractivity contribution in [3.8, 4) is 11.5 Å². The molecule has 1 amide bonds. The Labute approximate surface area is 172 Å². The minimum absolute atomic E-state index is 0.264. The van der Waals surface area contributed by atoms with E-state index in [0.29, 0.717) is 27.9 Å². The molecule has 1 unspecified atom stereocenters. The van der Waals surface area contributed by atoms with Crippen LogP contribution in [-0.4, -0.2) is 32.0 Å².